The van der Waals surface area contributed by atoms with Gasteiger partial charge in [-0.1, -0.05) is 12.1 Å². The number of aromatic nitrogens is 2. The zero-order chi connectivity index (χ0) is 18.4. The van der Waals surface area contributed by atoms with Crippen molar-refractivity contribution in [2.75, 3.05) is 0 Å². The first kappa shape index (κ1) is 19.0. The fourth-order valence-corrected chi connectivity index (χ4v) is 3.36. The Balaban J connectivity index is 0.00000210. The van der Waals surface area contributed by atoms with Gasteiger partial charge >= 0.3 is 0 Å². The Kier molecular flexibility index (Phi) is 4.98. The number of aliphatic imine (C=N–C) groups is 1. The summed E-state index contributed by atoms with van der Waals surface area (Å²) in [4.78, 5) is 21.2. The molecule has 0 unspecified atom stereocenters. The van der Waals surface area contributed by atoms with Gasteiger partial charge in [0.2, 0.25) is 0 Å². The number of benzene rings is 2. The van der Waals surface area contributed by atoms with Crippen LogP contribution in [-0.2, 0) is 6.54 Å². The third-order valence-corrected chi connectivity index (χ3v) is 4.82. The zero-order valence-corrected chi connectivity index (χ0v) is 16.1. The summed E-state index contributed by atoms with van der Waals surface area (Å²) in [5.74, 6) is 0.435. The van der Waals surface area contributed by atoms with Gasteiger partial charge in [0.05, 0.1) is 23.6 Å². The van der Waals surface area contributed by atoms with Crippen LogP contribution < -0.4 is 0 Å². The topological polar surface area (TPSA) is 47.2 Å². The van der Waals surface area contributed by atoms with E-state index in [9.17, 15) is 9.18 Å². The van der Waals surface area contributed by atoms with Crippen molar-refractivity contribution in [3.05, 3.63) is 82.2 Å². The molecule has 4 nitrogen and oxygen atoms in total. The molecular weight excluding hydrogens is 365 g/mol. The minimum atomic E-state index is -0.335. The van der Waals surface area contributed by atoms with Gasteiger partial charge in [0.25, 0.3) is 0 Å². The average molecular weight is 384 g/mol. The highest BCUT2D eigenvalue weighted by atomic mass is 35.5. The van der Waals surface area contributed by atoms with Crippen LogP contribution in [0.2, 0.25) is 0 Å². The zero-order valence-electron chi connectivity index (χ0n) is 15.3. The molecule has 138 valence electrons. The fraction of sp³-hybridized carbons (Fsp3) is 0.190. The van der Waals surface area contributed by atoms with E-state index in [2.05, 4.69) is 9.98 Å². The maximum atomic E-state index is 14.5. The van der Waals surface area contributed by atoms with Crippen LogP contribution in [0, 0.1) is 19.7 Å². The van der Waals surface area contributed by atoms with Gasteiger partial charge in [0.1, 0.15) is 11.6 Å². The number of imidazole rings is 1. The Morgan fingerprint density at radius 2 is 1.85 bits per heavy atom. The minimum absolute atomic E-state index is 0. The Hall–Kier alpha value is -2.79. The second-order valence-corrected chi connectivity index (χ2v) is 6.47. The van der Waals surface area contributed by atoms with Crippen molar-refractivity contribution in [1.29, 1.82) is 0 Å². The SMILES string of the molecule is CC(=O)c1ccc2c(c1)C(c1ccccc1F)=NCc1nc(C)c(C)n1-2.Cl. The highest BCUT2D eigenvalue weighted by Crippen LogP contribution is 2.29. The number of hydrogen-bond acceptors (Lipinski definition) is 3. The molecule has 1 aliphatic rings. The Labute approximate surface area is 163 Å². The predicted octanol–water partition coefficient (Wildman–Crippen LogP) is 4.60. The lowest BCUT2D eigenvalue weighted by molar-refractivity contribution is 0.101. The van der Waals surface area contributed by atoms with Crippen LogP contribution in [0.5, 0.6) is 0 Å². The summed E-state index contributed by atoms with van der Waals surface area (Å²) in [5, 5.41) is 0. The van der Waals surface area contributed by atoms with Gasteiger partial charge in [-0.2, -0.15) is 0 Å². The molecule has 0 bridgehead atoms. The van der Waals surface area contributed by atoms with Gasteiger partial charge < -0.3 is 0 Å². The van der Waals surface area contributed by atoms with E-state index in [1.165, 1.54) is 13.0 Å². The number of carbonyl (C=O) groups excluding carboxylic acids is 1. The molecular formula is C21H19ClFN3O. The van der Waals surface area contributed by atoms with Gasteiger partial charge in [-0.15, -0.1) is 12.4 Å². The summed E-state index contributed by atoms with van der Waals surface area (Å²) in [6.07, 6.45) is 0. The molecule has 4 rings (SSSR count). The van der Waals surface area contributed by atoms with Crippen molar-refractivity contribution in [3.63, 3.8) is 0 Å². The quantitative estimate of drug-likeness (QED) is 0.607. The molecule has 6 heteroatoms. The van der Waals surface area contributed by atoms with Crippen LogP contribution in [0.15, 0.2) is 47.5 Å². The van der Waals surface area contributed by atoms with E-state index in [0.29, 0.717) is 23.4 Å². The fourth-order valence-electron chi connectivity index (χ4n) is 3.36. The molecule has 0 fully saturated rings. The molecule has 27 heavy (non-hydrogen) atoms. The first-order valence-electron chi connectivity index (χ1n) is 8.47. The van der Waals surface area contributed by atoms with E-state index in [1.54, 1.807) is 30.3 Å². The third kappa shape index (κ3) is 3.08. The van der Waals surface area contributed by atoms with Crippen LogP contribution >= 0.6 is 12.4 Å². The van der Waals surface area contributed by atoms with Crippen LogP contribution in [0.3, 0.4) is 0 Å². The maximum absolute atomic E-state index is 14.5. The standard InChI is InChI=1S/C21H18FN3O.ClH/c1-12-13(2)25-19-9-8-15(14(3)26)10-17(19)21(23-11-20(25)24-12)16-6-4-5-7-18(16)22;/h4-10H,11H2,1-3H3;1H. The number of rotatable bonds is 2. The van der Waals surface area contributed by atoms with E-state index in [1.807, 2.05) is 24.5 Å². The lowest BCUT2D eigenvalue weighted by Crippen LogP contribution is -2.11. The van der Waals surface area contributed by atoms with Crippen molar-refractivity contribution >= 4 is 23.9 Å². The molecule has 3 aromatic rings. The minimum Gasteiger partial charge on any atom is -0.298 e. The Bertz CT molecular complexity index is 1090. The third-order valence-electron chi connectivity index (χ3n) is 4.82. The summed E-state index contributed by atoms with van der Waals surface area (Å²) in [6.45, 7) is 5.84. The Morgan fingerprint density at radius 1 is 1.11 bits per heavy atom. The normalized spacial score (nSPS) is 12.4. The summed E-state index contributed by atoms with van der Waals surface area (Å²) in [7, 11) is 0. The molecule has 0 atom stereocenters. The van der Waals surface area contributed by atoms with E-state index in [0.717, 1.165) is 28.5 Å². The van der Waals surface area contributed by atoms with Gasteiger partial charge in [-0.25, -0.2) is 9.37 Å². The highest BCUT2D eigenvalue weighted by molar-refractivity contribution is 6.16. The predicted molar refractivity (Wildman–Crippen MR) is 106 cm³/mol. The van der Waals surface area contributed by atoms with E-state index in [-0.39, 0.29) is 24.0 Å². The second-order valence-electron chi connectivity index (χ2n) is 6.47. The van der Waals surface area contributed by atoms with Crippen LogP contribution in [0.25, 0.3) is 5.69 Å². The average Bonchev–Trinajstić information content (AvgIpc) is 2.81. The molecule has 2 aromatic carbocycles. The van der Waals surface area contributed by atoms with Gasteiger partial charge in [-0.3, -0.25) is 14.4 Å². The molecule has 0 spiro atoms. The summed E-state index contributed by atoms with van der Waals surface area (Å²) < 4.78 is 16.5. The van der Waals surface area contributed by atoms with Crippen molar-refractivity contribution < 1.29 is 9.18 Å². The molecule has 0 N–H and O–H groups in total. The smallest absolute Gasteiger partial charge is 0.159 e. The molecule has 1 aliphatic heterocycles. The maximum Gasteiger partial charge on any atom is 0.159 e. The molecule has 0 saturated heterocycles. The largest absolute Gasteiger partial charge is 0.298 e. The van der Waals surface area contributed by atoms with E-state index >= 15 is 0 Å². The van der Waals surface area contributed by atoms with Crippen LogP contribution in [0.4, 0.5) is 4.39 Å². The molecule has 0 amide bonds. The molecule has 0 saturated carbocycles. The number of nitrogens with zero attached hydrogens (tertiary/aromatic N) is 3. The molecule has 2 heterocycles. The van der Waals surface area contributed by atoms with Crippen LogP contribution in [-0.4, -0.2) is 21.0 Å². The Morgan fingerprint density at radius 3 is 2.56 bits per heavy atom. The number of halogens is 2. The number of aryl methyl sites for hydroxylation is 1. The first-order valence-corrected chi connectivity index (χ1v) is 8.47. The van der Waals surface area contributed by atoms with E-state index in [4.69, 9.17) is 0 Å². The summed E-state index contributed by atoms with van der Waals surface area (Å²) in [6, 6.07) is 12.1. The van der Waals surface area contributed by atoms with Crippen molar-refractivity contribution in [3.8, 4) is 5.69 Å². The monoisotopic (exact) mass is 383 g/mol. The lowest BCUT2D eigenvalue weighted by atomic mass is 9.97. The number of Topliss-reactive ketones (excluding diaryl/α,β-unsaturated/α-hetero) is 1. The first-order chi connectivity index (χ1) is 12.5. The van der Waals surface area contributed by atoms with Crippen LogP contribution in [0.1, 0.15) is 45.6 Å². The number of hydrogen-bond donors (Lipinski definition) is 0. The lowest BCUT2D eigenvalue weighted by Gasteiger charge is -2.15. The summed E-state index contributed by atoms with van der Waals surface area (Å²) in [5.41, 5.74) is 5.10. The number of carbonyl (C=O) groups is 1. The van der Waals surface area contributed by atoms with Gasteiger partial charge in [0.15, 0.2) is 5.78 Å². The highest BCUT2D eigenvalue weighted by Gasteiger charge is 2.24. The van der Waals surface area contributed by atoms with Crippen molar-refractivity contribution in [2.45, 2.75) is 27.3 Å². The summed E-state index contributed by atoms with van der Waals surface area (Å²) >= 11 is 0. The molecule has 1 aromatic heterocycles. The number of fused-ring (bicyclic) bond motifs is 3. The van der Waals surface area contributed by atoms with Crippen molar-refractivity contribution in [1.82, 2.24) is 9.55 Å². The van der Waals surface area contributed by atoms with Crippen molar-refractivity contribution in [2.24, 2.45) is 4.99 Å². The number of ketones is 1. The van der Waals surface area contributed by atoms with Gasteiger partial charge in [0, 0.05) is 22.4 Å². The van der Waals surface area contributed by atoms with Gasteiger partial charge in [-0.05, 0) is 51.1 Å². The second kappa shape index (κ2) is 7.08. The molecule has 0 aliphatic carbocycles. The molecule has 0 radical (unpaired) electrons. The van der Waals surface area contributed by atoms with E-state index < -0.39 is 0 Å².